The van der Waals surface area contributed by atoms with Crippen molar-refractivity contribution in [3.63, 3.8) is 0 Å². The molecule has 0 bridgehead atoms. The normalized spacial score (nSPS) is 10.4. The van der Waals surface area contributed by atoms with E-state index in [9.17, 15) is 0 Å². The first-order valence-electron chi connectivity index (χ1n) is 5.73. The number of fused-ring (bicyclic) bond motifs is 1. The van der Waals surface area contributed by atoms with Crippen LogP contribution in [0.2, 0.25) is 0 Å². The number of rotatable bonds is 1. The maximum absolute atomic E-state index is 9.11. The molecule has 0 unspecified atom stereocenters. The summed E-state index contributed by atoms with van der Waals surface area (Å²) < 4.78 is 1.98. The predicted octanol–water partition coefficient (Wildman–Crippen LogP) is 3.18. The number of aryl methyl sites for hydroxylation is 1. The van der Waals surface area contributed by atoms with Crippen molar-refractivity contribution in [2.75, 3.05) is 0 Å². The third kappa shape index (κ3) is 1.64. The van der Waals surface area contributed by atoms with E-state index in [4.69, 9.17) is 5.26 Å². The Morgan fingerprint density at radius 3 is 2.78 bits per heavy atom. The van der Waals surface area contributed by atoms with Crippen LogP contribution in [0.15, 0.2) is 48.8 Å². The van der Waals surface area contributed by atoms with Crippen LogP contribution in [0.3, 0.4) is 0 Å². The van der Waals surface area contributed by atoms with Crippen LogP contribution in [0.4, 0.5) is 0 Å². The Balaban J connectivity index is 2.23. The van der Waals surface area contributed by atoms with Gasteiger partial charge in [-0.15, -0.1) is 0 Å². The van der Waals surface area contributed by atoms with Crippen molar-refractivity contribution in [3.05, 3.63) is 59.9 Å². The number of benzene rings is 1. The molecule has 3 heteroatoms. The first-order valence-corrected chi connectivity index (χ1v) is 5.73. The number of hydrogen-bond acceptors (Lipinski definition) is 2. The van der Waals surface area contributed by atoms with Gasteiger partial charge in [0.2, 0.25) is 0 Å². The van der Waals surface area contributed by atoms with E-state index in [0.29, 0.717) is 5.56 Å². The second kappa shape index (κ2) is 4.01. The topological polar surface area (TPSA) is 41.1 Å². The Labute approximate surface area is 105 Å². The molecule has 0 saturated carbocycles. The largest absolute Gasteiger partial charge is 0.306 e. The number of imidazole rings is 1. The fraction of sp³-hybridized carbons (Fsp3) is 0.0667. The van der Waals surface area contributed by atoms with Gasteiger partial charge in [-0.05, 0) is 24.6 Å². The van der Waals surface area contributed by atoms with E-state index in [1.807, 2.05) is 60.1 Å². The molecule has 1 aromatic carbocycles. The summed E-state index contributed by atoms with van der Waals surface area (Å²) in [6.45, 7) is 2.04. The summed E-state index contributed by atoms with van der Waals surface area (Å²) >= 11 is 0. The lowest BCUT2D eigenvalue weighted by molar-refractivity contribution is 1.16. The molecule has 0 radical (unpaired) electrons. The average molecular weight is 233 g/mol. The van der Waals surface area contributed by atoms with E-state index in [1.165, 1.54) is 5.56 Å². The monoisotopic (exact) mass is 233 g/mol. The van der Waals surface area contributed by atoms with Crippen LogP contribution in [0.25, 0.3) is 16.9 Å². The van der Waals surface area contributed by atoms with E-state index in [2.05, 4.69) is 11.1 Å². The minimum Gasteiger partial charge on any atom is -0.306 e. The van der Waals surface area contributed by atoms with Gasteiger partial charge >= 0.3 is 0 Å². The van der Waals surface area contributed by atoms with Crippen LogP contribution in [-0.4, -0.2) is 9.38 Å². The summed E-state index contributed by atoms with van der Waals surface area (Å²) in [4.78, 5) is 4.54. The van der Waals surface area contributed by atoms with Gasteiger partial charge < -0.3 is 4.40 Å². The molecule has 18 heavy (non-hydrogen) atoms. The molecule has 0 atom stereocenters. The molecule has 2 aromatic heterocycles. The third-order valence-corrected chi connectivity index (χ3v) is 2.92. The number of nitrogens with zero attached hydrogens (tertiary/aromatic N) is 3. The highest BCUT2D eigenvalue weighted by atomic mass is 15.0. The second-order valence-electron chi connectivity index (χ2n) is 4.26. The molecule has 0 saturated heterocycles. The quantitative estimate of drug-likeness (QED) is 0.647. The lowest BCUT2D eigenvalue weighted by Crippen LogP contribution is -1.82. The zero-order valence-electron chi connectivity index (χ0n) is 9.96. The first-order chi connectivity index (χ1) is 8.78. The van der Waals surface area contributed by atoms with Gasteiger partial charge in [-0.25, -0.2) is 4.98 Å². The number of aromatic nitrogens is 2. The van der Waals surface area contributed by atoms with Gasteiger partial charge in [0, 0.05) is 18.0 Å². The molecule has 3 aromatic rings. The molecule has 3 nitrogen and oxygen atoms in total. The summed E-state index contributed by atoms with van der Waals surface area (Å²) in [5.41, 5.74) is 4.43. The van der Waals surface area contributed by atoms with Crippen LogP contribution < -0.4 is 0 Å². The Morgan fingerprint density at radius 1 is 1.11 bits per heavy atom. The van der Waals surface area contributed by atoms with E-state index in [0.717, 1.165) is 16.9 Å². The Kier molecular flexibility index (Phi) is 2.35. The summed E-state index contributed by atoms with van der Waals surface area (Å²) in [6.07, 6.45) is 3.99. The highest BCUT2D eigenvalue weighted by Gasteiger charge is 2.08. The Hall–Kier alpha value is -2.60. The summed E-state index contributed by atoms with van der Waals surface area (Å²) in [5, 5.41) is 9.11. The second-order valence-corrected chi connectivity index (χ2v) is 4.26. The van der Waals surface area contributed by atoms with Crippen LogP contribution in [0.5, 0.6) is 0 Å². The van der Waals surface area contributed by atoms with Crippen molar-refractivity contribution in [3.8, 4) is 17.3 Å². The van der Waals surface area contributed by atoms with Crippen LogP contribution in [-0.2, 0) is 0 Å². The van der Waals surface area contributed by atoms with Gasteiger partial charge in [-0.1, -0.05) is 24.3 Å². The maximum atomic E-state index is 9.11. The van der Waals surface area contributed by atoms with Crippen molar-refractivity contribution in [2.45, 2.75) is 6.92 Å². The van der Waals surface area contributed by atoms with Crippen molar-refractivity contribution in [1.29, 1.82) is 5.26 Å². The molecule has 0 amide bonds. The molecule has 2 heterocycles. The molecule has 3 rings (SSSR count). The Morgan fingerprint density at radius 2 is 1.94 bits per heavy atom. The molecule has 0 spiro atoms. The van der Waals surface area contributed by atoms with Gasteiger partial charge in [-0.3, -0.25) is 0 Å². The summed E-state index contributed by atoms with van der Waals surface area (Å²) in [5.74, 6) is 0. The lowest BCUT2D eigenvalue weighted by Gasteiger charge is -1.97. The molecule has 0 aliphatic heterocycles. The molecule has 0 N–H and O–H groups in total. The van der Waals surface area contributed by atoms with Gasteiger partial charge in [0.25, 0.3) is 0 Å². The highest BCUT2D eigenvalue weighted by Crippen LogP contribution is 2.22. The Bertz CT molecular complexity index is 763. The van der Waals surface area contributed by atoms with Gasteiger partial charge in [-0.2, -0.15) is 5.26 Å². The average Bonchev–Trinajstić information content (AvgIpc) is 2.81. The number of nitriles is 1. The molecule has 86 valence electrons. The molecular weight excluding hydrogens is 222 g/mol. The van der Waals surface area contributed by atoms with Crippen molar-refractivity contribution in [1.82, 2.24) is 9.38 Å². The van der Waals surface area contributed by atoms with Crippen molar-refractivity contribution in [2.24, 2.45) is 0 Å². The number of hydrogen-bond donors (Lipinski definition) is 0. The maximum Gasteiger partial charge on any atom is 0.137 e. The molecule has 0 aliphatic rings. The van der Waals surface area contributed by atoms with Crippen LogP contribution >= 0.6 is 0 Å². The molecule has 0 aliphatic carbocycles. The van der Waals surface area contributed by atoms with Crippen molar-refractivity contribution >= 4 is 5.65 Å². The lowest BCUT2D eigenvalue weighted by atomic mass is 10.1. The zero-order valence-corrected chi connectivity index (χ0v) is 9.96. The van der Waals surface area contributed by atoms with E-state index >= 15 is 0 Å². The standard InChI is InChI=1S/C15H11N3/c1-11-6-7-15-17-14(10-18(15)9-11)13-5-3-2-4-12(13)8-16/h2-7,9-10H,1H3. The SMILES string of the molecule is Cc1ccc2nc(-c3ccccc3C#N)cn2c1. The van der Waals surface area contributed by atoms with E-state index in [1.54, 1.807) is 0 Å². The minimum atomic E-state index is 0.651. The van der Waals surface area contributed by atoms with Crippen molar-refractivity contribution < 1.29 is 0 Å². The van der Waals surface area contributed by atoms with Gasteiger partial charge in [0.15, 0.2) is 0 Å². The van der Waals surface area contributed by atoms with Crippen LogP contribution in [0, 0.1) is 18.3 Å². The highest BCUT2D eigenvalue weighted by molar-refractivity contribution is 5.69. The van der Waals surface area contributed by atoms with E-state index < -0.39 is 0 Å². The van der Waals surface area contributed by atoms with Crippen LogP contribution in [0.1, 0.15) is 11.1 Å². The summed E-state index contributed by atoms with van der Waals surface area (Å²) in [6, 6.07) is 13.7. The molecule has 0 fully saturated rings. The predicted molar refractivity (Wildman–Crippen MR) is 70.1 cm³/mol. The van der Waals surface area contributed by atoms with E-state index in [-0.39, 0.29) is 0 Å². The fourth-order valence-corrected chi connectivity index (χ4v) is 2.04. The van der Waals surface area contributed by atoms with Gasteiger partial charge in [0.1, 0.15) is 5.65 Å². The zero-order chi connectivity index (χ0) is 12.5. The third-order valence-electron chi connectivity index (χ3n) is 2.92. The van der Waals surface area contributed by atoms with Gasteiger partial charge in [0.05, 0.1) is 17.3 Å². The smallest absolute Gasteiger partial charge is 0.137 e. The minimum absolute atomic E-state index is 0.651. The molecular formula is C15H11N3. The fourth-order valence-electron chi connectivity index (χ4n) is 2.04. The number of pyridine rings is 1. The summed E-state index contributed by atoms with van der Waals surface area (Å²) in [7, 11) is 0. The first kappa shape index (κ1) is 10.5.